The van der Waals surface area contributed by atoms with Crippen LogP contribution in [0.2, 0.25) is 0 Å². The number of nitrogens with one attached hydrogen (secondary N) is 1. The fraction of sp³-hybridized carbons (Fsp3) is 0.734. The monoisotopic (exact) mass is 1040 g/mol. The summed E-state index contributed by atoms with van der Waals surface area (Å²) in [6.45, 7) is 4.68. The Kier molecular flexibility index (Phi) is 52.3. The molecule has 0 aromatic carbocycles. The minimum absolute atomic E-state index is 0.0540. The number of hydrogen-bond donors (Lipinski definition) is 3. The van der Waals surface area contributed by atoms with E-state index in [1.54, 1.807) is 6.08 Å². The van der Waals surface area contributed by atoms with Gasteiger partial charge in [-0.3, -0.25) is 13.8 Å². The number of rotatable bonds is 54. The van der Waals surface area contributed by atoms with E-state index in [9.17, 15) is 19.4 Å². The van der Waals surface area contributed by atoms with Crippen LogP contribution in [-0.4, -0.2) is 73.4 Å². The molecule has 0 aliphatic carbocycles. The van der Waals surface area contributed by atoms with Crippen molar-refractivity contribution in [1.29, 1.82) is 0 Å². The third-order valence-corrected chi connectivity index (χ3v) is 14.0. The van der Waals surface area contributed by atoms with Crippen LogP contribution >= 0.6 is 7.82 Å². The highest BCUT2D eigenvalue weighted by molar-refractivity contribution is 7.47. The molecule has 8 nitrogen and oxygen atoms in total. The molecule has 0 heterocycles. The SMILES string of the molecule is CC/C=C\C/C=C\C/C=C\C/C=C\C/C=C\C/C=C\CCCCCCCCCCCCCCCCCCCCC(=O)NC(COP(=O)(O)OCC[N+](C)(C)C)C(O)/C=C/CC/C=C/CCCCCCCCCC. The van der Waals surface area contributed by atoms with Gasteiger partial charge in [0.25, 0.3) is 0 Å². The number of carbonyl (C=O) groups is 1. The van der Waals surface area contributed by atoms with Gasteiger partial charge in [-0.05, 0) is 83.5 Å². The molecule has 0 bridgehead atoms. The van der Waals surface area contributed by atoms with Gasteiger partial charge in [-0.1, -0.05) is 259 Å². The Morgan fingerprint density at radius 3 is 1.26 bits per heavy atom. The number of aliphatic hydroxyl groups excluding tert-OH is 1. The van der Waals surface area contributed by atoms with E-state index in [0.29, 0.717) is 17.4 Å². The summed E-state index contributed by atoms with van der Waals surface area (Å²) >= 11 is 0. The summed E-state index contributed by atoms with van der Waals surface area (Å²) in [5.74, 6) is -0.188. The van der Waals surface area contributed by atoms with Gasteiger partial charge in [0.2, 0.25) is 5.91 Å². The molecule has 3 atom stereocenters. The molecule has 0 rings (SSSR count). The highest BCUT2D eigenvalue weighted by atomic mass is 31.2. The van der Waals surface area contributed by atoms with Crippen LogP contribution in [-0.2, 0) is 18.4 Å². The molecule has 0 radical (unpaired) electrons. The van der Waals surface area contributed by atoms with Crippen LogP contribution in [0.25, 0.3) is 0 Å². The molecule has 73 heavy (non-hydrogen) atoms. The zero-order valence-corrected chi connectivity index (χ0v) is 49.0. The summed E-state index contributed by atoms with van der Waals surface area (Å²) in [6.07, 6.45) is 78.2. The Hall–Kier alpha value is -2.58. The molecule has 0 aliphatic rings. The smallest absolute Gasteiger partial charge is 0.387 e. The predicted octanol–water partition coefficient (Wildman–Crippen LogP) is 18.6. The molecule has 0 saturated heterocycles. The quantitative estimate of drug-likeness (QED) is 0.0243. The first-order valence-corrected chi connectivity index (χ1v) is 31.6. The van der Waals surface area contributed by atoms with E-state index in [1.165, 1.54) is 154 Å². The number of aliphatic hydroxyl groups is 1. The number of hydrogen-bond acceptors (Lipinski definition) is 5. The van der Waals surface area contributed by atoms with Gasteiger partial charge in [0.15, 0.2) is 0 Å². The lowest BCUT2D eigenvalue weighted by atomic mass is 10.0. The fourth-order valence-corrected chi connectivity index (χ4v) is 9.09. The van der Waals surface area contributed by atoms with Crippen LogP contribution in [0.5, 0.6) is 0 Å². The van der Waals surface area contributed by atoms with Gasteiger partial charge in [-0.25, -0.2) is 4.57 Å². The average Bonchev–Trinajstić information content (AvgIpc) is 3.35. The maximum absolute atomic E-state index is 13.0. The lowest BCUT2D eigenvalue weighted by molar-refractivity contribution is -0.870. The summed E-state index contributed by atoms with van der Waals surface area (Å²) < 4.78 is 23.7. The van der Waals surface area contributed by atoms with Crippen molar-refractivity contribution in [2.75, 3.05) is 40.9 Å². The molecule has 0 spiro atoms. The van der Waals surface area contributed by atoms with Crippen molar-refractivity contribution in [3.8, 4) is 0 Å². The summed E-state index contributed by atoms with van der Waals surface area (Å²) in [6, 6.07) is -0.866. The maximum atomic E-state index is 13.0. The largest absolute Gasteiger partial charge is 0.472 e. The number of unbranched alkanes of at least 4 members (excludes halogenated alkanes) is 27. The molecule has 422 valence electrons. The molecule has 9 heteroatoms. The van der Waals surface area contributed by atoms with Gasteiger partial charge in [0.1, 0.15) is 13.2 Å². The van der Waals surface area contributed by atoms with Crippen molar-refractivity contribution in [2.24, 2.45) is 0 Å². The van der Waals surface area contributed by atoms with Crippen LogP contribution in [0.15, 0.2) is 97.2 Å². The van der Waals surface area contributed by atoms with Crippen molar-refractivity contribution in [1.82, 2.24) is 5.32 Å². The molecule has 1 amide bonds. The molecular weight excluding hydrogens is 924 g/mol. The normalized spacial score (nSPS) is 14.6. The van der Waals surface area contributed by atoms with Gasteiger partial charge in [0.05, 0.1) is 39.9 Å². The van der Waals surface area contributed by atoms with E-state index >= 15 is 0 Å². The zero-order valence-electron chi connectivity index (χ0n) is 48.1. The van der Waals surface area contributed by atoms with Gasteiger partial charge in [-0.15, -0.1) is 0 Å². The molecule has 0 aromatic heterocycles. The molecule has 0 aromatic rings. The van der Waals surface area contributed by atoms with Crippen LogP contribution < -0.4 is 5.32 Å². The number of phosphoric acid groups is 1. The summed E-state index contributed by atoms with van der Waals surface area (Å²) in [5.41, 5.74) is 0. The molecule has 3 unspecified atom stereocenters. The Balaban J connectivity index is 4.02. The minimum Gasteiger partial charge on any atom is -0.387 e. The second-order valence-corrected chi connectivity index (χ2v) is 22.8. The third-order valence-electron chi connectivity index (χ3n) is 13.0. The van der Waals surface area contributed by atoms with Crippen LogP contribution in [0.4, 0.5) is 0 Å². The molecule has 0 fully saturated rings. The number of nitrogens with zero attached hydrogens (tertiary/aromatic N) is 1. The number of likely N-dealkylation sites (N-methyl/N-ethyl adjacent to an activating group) is 1. The van der Waals surface area contributed by atoms with Crippen molar-refractivity contribution in [3.63, 3.8) is 0 Å². The Bertz CT molecular complexity index is 1510. The first-order valence-electron chi connectivity index (χ1n) is 30.1. The lowest BCUT2D eigenvalue weighted by Crippen LogP contribution is -2.45. The third kappa shape index (κ3) is 57.0. The van der Waals surface area contributed by atoms with E-state index in [4.69, 9.17) is 9.05 Å². The number of amides is 1. The standard InChI is InChI=1S/C64H115N2O6P/c1-6-8-10-12-14-16-18-20-22-23-24-25-26-27-28-29-30-31-32-33-34-35-36-37-38-39-40-41-42-43-44-46-48-50-52-54-56-58-64(68)65-62(61-72-73(69,70)71-60-59-66(3,4)5)63(67)57-55-53-51-49-47-45-21-19-17-15-13-11-9-7-2/h8,10,14,16,20,22,24-25,27-28,30-31,47,49,55,57,62-63,67H,6-7,9,11-13,15,17-19,21,23,26,29,32-46,48,50-54,56,58-61H2,1-5H3,(H-,65,68,69,70)/p+1/b10-8-,16-14-,22-20-,25-24-,28-27-,31-30-,49-47+,57-55+. The Labute approximate surface area is 451 Å². The molecule has 0 saturated carbocycles. The molecule has 0 aliphatic heterocycles. The topological polar surface area (TPSA) is 105 Å². The van der Waals surface area contributed by atoms with E-state index < -0.39 is 20.0 Å². The van der Waals surface area contributed by atoms with Gasteiger partial charge in [0, 0.05) is 6.42 Å². The Morgan fingerprint density at radius 2 is 0.836 bits per heavy atom. The number of carbonyl (C=O) groups excluding carboxylic acids is 1. The van der Waals surface area contributed by atoms with E-state index in [-0.39, 0.29) is 19.1 Å². The van der Waals surface area contributed by atoms with E-state index in [2.05, 4.69) is 104 Å². The van der Waals surface area contributed by atoms with Crippen LogP contribution in [0.3, 0.4) is 0 Å². The Morgan fingerprint density at radius 1 is 0.479 bits per heavy atom. The van der Waals surface area contributed by atoms with Crippen molar-refractivity contribution in [3.05, 3.63) is 97.2 Å². The average molecular weight is 1040 g/mol. The van der Waals surface area contributed by atoms with Crippen molar-refractivity contribution in [2.45, 2.75) is 264 Å². The summed E-state index contributed by atoms with van der Waals surface area (Å²) in [4.78, 5) is 23.3. The highest BCUT2D eigenvalue weighted by Crippen LogP contribution is 2.43. The number of allylic oxidation sites excluding steroid dienone is 15. The first kappa shape index (κ1) is 70.4. The van der Waals surface area contributed by atoms with Gasteiger partial charge >= 0.3 is 7.82 Å². The fourth-order valence-electron chi connectivity index (χ4n) is 8.36. The minimum atomic E-state index is -4.36. The van der Waals surface area contributed by atoms with E-state index in [0.717, 1.165) is 77.0 Å². The number of quaternary nitrogens is 1. The van der Waals surface area contributed by atoms with Crippen LogP contribution in [0, 0.1) is 0 Å². The maximum Gasteiger partial charge on any atom is 0.472 e. The van der Waals surface area contributed by atoms with Crippen LogP contribution in [0.1, 0.15) is 251 Å². The predicted molar refractivity (Wildman–Crippen MR) is 318 cm³/mol. The molecule has 3 N–H and O–H groups in total. The first-order chi connectivity index (χ1) is 35.5. The lowest BCUT2D eigenvalue weighted by Gasteiger charge is -2.25. The second kappa shape index (κ2) is 54.2. The van der Waals surface area contributed by atoms with Gasteiger partial charge in [-0.2, -0.15) is 0 Å². The molecular formula is C64H116N2O6P+. The second-order valence-electron chi connectivity index (χ2n) is 21.3. The van der Waals surface area contributed by atoms with E-state index in [1.807, 2.05) is 27.2 Å². The summed E-state index contributed by atoms with van der Waals surface area (Å²) in [7, 11) is 1.55. The van der Waals surface area contributed by atoms with Gasteiger partial charge < -0.3 is 19.8 Å². The number of phosphoric ester groups is 1. The van der Waals surface area contributed by atoms with Crippen molar-refractivity contribution >= 4 is 13.7 Å². The summed E-state index contributed by atoms with van der Waals surface area (Å²) in [5, 5.41) is 13.9. The van der Waals surface area contributed by atoms with Crippen molar-refractivity contribution < 1.29 is 32.9 Å². The zero-order chi connectivity index (χ0) is 53.5. The highest BCUT2D eigenvalue weighted by Gasteiger charge is 2.27.